The van der Waals surface area contributed by atoms with Gasteiger partial charge in [-0.15, -0.1) is 0 Å². The van der Waals surface area contributed by atoms with Crippen molar-refractivity contribution in [1.82, 2.24) is 0 Å². The van der Waals surface area contributed by atoms with Gasteiger partial charge in [0.25, 0.3) is 0 Å². The summed E-state index contributed by atoms with van der Waals surface area (Å²) in [6.45, 7) is 4.15. The van der Waals surface area contributed by atoms with Gasteiger partial charge in [0, 0.05) is 6.61 Å². The van der Waals surface area contributed by atoms with Gasteiger partial charge in [0.1, 0.15) is 11.9 Å². The second-order valence-corrected chi connectivity index (χ2v) is 3.16. The smallest absolute Gasteiger partial charge is 0.123 e. The van der Waals surface area contributed by atoms with Crippen LogP contribution in [-0.4, -0.2) is 17.8 Å². The van der Waals surface area contributed by atoms with Crippen molar-refractivity contribution in [3.63, 3.8) is 0 Å². The zero-order chi connectivity index (χ0) is 10.6. The van der Waals surface area contributed by atoms with Crippen LogP contribution in [0.25, 0.3) is 0 Å². The molecule has 1 rings (SSSR count). The predicted molar refractivity (Wildman–Crippen MR) is 52.4 cm³/mol. The van der Waals surface area contributed by atoms with Crippen LogP contribution in [0.2, 0.25) is 0 Å². The van der Waals surface area contributed by atoms with E-state index in [1.165, 1.54) is 12.1 Å². The molecule has 2 nitrogen and oxygen atoms in total. The van der Waals surface area contributed by atoms with Crippen LogP contribution in [0.1, 0.15) is 25.5 Å². The van der Waals surface area contributed by atoms with Crippen molar-refractivity contribution < 1.29 is 14.2 Å². The average molecular weight is 198 g/mol. The highest BCUT2D eigenvalue weighted by atomic mass is 19.1. The lowest BCUT2D eigenvalue weighted by molar-refractivity contribution is -0.0228. The molecule has 0 aliphatic rings. The molecule has 0 aliphatic carbocycles. The van der Waals surface area contributed by atoms with Gasteiger partial charge in [-0.25, -0.2) is 4.39 Å². The summed E-state index contributed by atoms with van der Waals surface area (Å²) >= 11 is 0. The summed E-state index contributed by atoms with van der Waals surface area (Å²) in [5.41, 5.74) is 0.547. The molecule has 0 radical (unpaired) electrons. The van der Waals surface area contributed by atoms with Gasteiger partial charge >= 0.3 is 0 Å². The second-order valence-electron chi connectivity index (χ2n) is 3.16. The highest BCUT2D eigenvalue weighted by Gasteiger charge is 2.16. The summed E-state index contributed by atoms with van der Waals surface area (Å²) in [5.74, 6) is -0.342. The summed E-state index contributed by atoms with van der Waals surface area (Å²) in [6, 6.07) is 5.93. The molecule has 0 spiro atoms. The molecule has 0 saturated heterocycles. The Hall–Kier alpha value is -0.930. The quantitative estimate of drug-likeness (QED) is 0.804. The highest BCUT2D eigenvalue weighted by molar-refractivity contribution is 5.19. The van der Waals surface area contributed by atoms with Crippen LogP contribution < -0.4 is 0 Å². The molecule has 1 N–H and O–H groups in total. The molecule has 2 atom stereocenters. The van der Waals surface area contributed by atoms with Crippen molar-refractivity contribution in [3.05, 3.63) is 35.6 Å². The van der Waals surface area contributed by atoms with E-state index in [1.54, 1.807) is 19.1 Å². The fraction of sp³-hybridized carbons (Fsp3) is 0.455. The number of ether oxygens (including phenoxy) is 1. The summed E-state index contributed by atoms with van der Waals surface area (Å²) < 4.78 is 18.1. The number of benzene rings is 1. The van der Waals surface area contributed by atoms with E-state index in [4.69, 9.17) is 4.74 Å². The summed E-state index contributed by atoms with van der Waals surface area (Å²) in [4.78, 5) is 0. The van der Waals surface area contributed by atoms with Gasteiger partial charge in [-0.1, -0.05) is 12.1 Å². The Morgan fingerprint density at radius 2 is 2.21 bits per heavy atom. The van der Waals surface area contributed by atoms with Crippen LogP contribution in [0, 0.1) is 5.82 Å². The fourth-order valence-corrected chi connectivity index (χ4v) is 1.32. The van der Waals surface area contributed by atoms with E-state index in [-0.39, 0.29) is 11.9 Å². The van der Waals surface area contributed by atoms with Gasteiger partial charge in [0.15, 0.2) is 0 Å². The molecule has 1 aromatic carbocycles. The van der Waals surface area contributed by atoms with Crippen LogP contribution in [0.4, 0.5) is 4.39 Å². The number of halogens is 1. The van der Waals surface area contributed by atoms with Crippen LogP contribution in [0.5, 0.6) is 0 Å². The van der Waals surface area contributed by atoms with E-state index in [0.717, 1.165) is 0 Å². The molecule has 14 heavy (non-hydrogen) atoms. The maximum atomic E-state index is 12.8. The zero-order valence-electron chi connectivity index (χ0n) is 8.40. The van der Waals surface area contributed by atoms with E-state index in [1.807, 2.05) is 6.92 Å². The molecular weight excluding hydrogens is 183 g/mol. The van der Waals surface area contributed by atoms with Crippen molar-refractivity contribution in [2.24, 2.45) is 0 Å². The Balaban J connectivity index is 2.73. The zero-order valence-corrected chi connectivity index (χ0v) is 8.40. The van der Waals surface area contributed by atoms with Gasteiger partial charge in [0.05, 0.1) is 6.10 Å². The Morgan fingerprint density at radius 3 is 2.79 bits per heavy atom. The summed E-state index contributed by atoms with van der Waals surface area (Å²) in [7, 11) is 0. The van der Waals surface area contributed by atoms with E-state index >= 15 is 0 Å². The number of aliphatic hydroxyl groups excluding tert-OH is 1. The van der Waals surface area contributed by atoms with Crippen LogP contribution in [0.15, 0.2) is 24.3 Å². The molecule has 3 heteroatoms. The first-order valence-electron chi connectivity index (χ1n) is 4.70. The maximum Gasteiger partial charge on any atom is 0.123 e. The first kappa shape index (κ1) is 11.1. The molecule has 0 heterocycles. The van der Waals surface area contributed by atoms with E-state index in [0.29, 0.717) is 12.2 Å². The lowest BCUT2D eigenvalue weighted by Crippen LogP contribution is -2.18. The Bertz CT molecular complexity index is 288. The fourth-order valence-electron chi connectivity index (χ4n) is 1.32. The minimum absolute atomic E-state index is 0.318. The monoisotopic (exact) mass is 198 g/mol. The van der Waals surface area contributed by atoms with Gasteiger partial charge in [0.2, 0.25) is 0 Å². The standard InChI is InChI=1S/C11H15FO2/c1-3-14-8(2)11(13)9-5-4-6-10(12)7-9/h4-8,11,13H,3H2,1-2H3. The van der Waals surface area contributed by atoms with Crippen LogP contribution in [0.3, 0.4) is 0 Å². The molecule has 0 aromatic heterocycles. The van der Waals surface area contributed by atoms with E-state index < -0.39 is 6.10 Å². The molecule has 2 unspecified atom stereocenters. The third kappa shape index (κ3) is 2.79. The average Bonchev–Trinajstić information content (AvgIpc) is 2.17. The molecule has 1 aromatic rings. The summed E-state index contributed by atoms with van der Waals surface area (Å²) in [6.07, 6.45) is -1.09. The van der Waals surface area contributed by atoms with Gasteiger partial charge in [-0.2, -0.15) is 0 Å². The lowest BCUT2D eigenvalue weighted by Gasteiger charge is -2.18. The molecular formula is C11H15FO2. The third-order valence-corrected chi connectivity index (χ3v) is 2.06. The predicted octanol–water partition coefficient (Wildman–Crippen LogP) is 2.28. The van der Waals surface area contributed by atoms with Crippen molar-refractivity contribution >= 4 is 0 Å². The minimum atomic E-state index is -0.773. The van der Waals surface area contributed by atoms with Gasteiger partial charge in [-0.05, 0) is 31.5 Å². The lowest BCUT2D eigenvalue weighted by atomic mass is 10.1. The Morgan fingerprint density at radius 1 is 1.50 bits per heavy atom. The second kappa shape index (κ2) is 5.08. The topological polar surface area (TPSA) is 29.5 Å². The normalized spacial score (nSPS) is 15.1. The first-order chi connectivity index (χ1) is 6.65. The number of rotatable bonds is 4. The Labute approximate surface area is 83.3 Å². The summed E-state index contributed by atoms with van der Waals surface area (Å²) in [5, 5.41) is 9.75. The number of hydrogen-bond acceptors (Lipinski definition) is 2. The first-order valence-corrected chi connectivity index (χ1v) is 4.70. The van der Waals surface area contributed by atoms with Crippen molar-refractivity contribution in [2.75, 3.05) is 6.61 Å². The van der Waals surface area contributed by atoms with Crippen molar-refractivity contribution in [3.8, 4) is 0 Å². The molecule has 78 valence electrons. The Kier molecular flexibility index (Phi) is 4.04. The largest absolute Gasteiger partial charge is 0.386 e. The maximum absolute atomic E-state index is 12.8. The highest BCUT2D eigenvalue weighted by Crippen LogP contribution is 2.19. The van der Waals surface area contributed by atoms with Gasteiger partial charge < -0.3 is 9.84 Å². The van der Waals surface area contributed by atoms with Crippen LogP contribution >= 0.6 is 0 Å². The van der Waals surface area contributed by atoms with Crippen molar-refractivity contribution in [2.45, 2.75) is 26.1 Å². The SMILES string of the molecule is CCOC(C)C(O)c1cccc(F)c1. The van der Waals surface area contributed by atoms with Gasteiger partial charge in [-0.3, -0.25) is 0 Å². The molecule has 0 fully saturated rings. The van der Waals surface area contributed by atoms with Crippen molar-refractivity contribution in [1.29, 1.82) is 0 Å². The molecule has 0 bridgehead atoms. The van der Waals surface area contributed by atoms with E-state index in [9.17, 15) is 9.50 Å². The number of hydrogen-bond donors (Lipinski definition) is 1. The molecule has 0 saturated carbocycles. The molecule has 0 aliphatic heterocycles. The van der Waals surface area contributed by atoms with Crippen LogP contribution in [-0.2, 0) is 4.74 Å². The minimum Gasteiger partial charge on any atom is -0.386 e. The molecule has 0 amide bonds. The third-order valence-electron chi connectivity index (χ3n) is 2.06. The van der Waals surface area contributed by atoms with E-state index in [2.05, 4.69) is 0 Å². The number of aliphatic hydroxyl groups is 1.